The van der Waals surface area contributed by atoms with Crippen molar-refractivity contribution in [3.05, 3.63) is 75.6 Å². The molecule has 0 radical (unpaired) electrons. The molecule has 1 aliphatic heterocycles. The lowest BCUT2D eigenvalue weighted by molar-refractivity contribution is 0.102. The van der Waals surface area contributed by atoms with E-state index in [1.165, 1.54) is 16.7 Å². The van der Waals surface area contributed by atoms with E-state index in [4.69, 9.17) is 0 Å². The fourth-order valence-electron chi connectivity index (χ4n) is 4.64. The van der Waals surface area contributed by atoms with Gasteiger partial charge in [0, 0.05) is 11.6 Å². The minimum Gasteiger partial charge on any atom is -0.321 e. The van der Waals surface area contributed by atoms with Gasteiger partial charge in [-0.25, -0.2) is 4.68 Å². The van der Waals surface area contributed by atoms with Crippen molar-refractivity contribution in [1.29, 1.82) is 0 Å². The van der Waals surface area contributed by atoms with E-state index in [1.807, 2.05) is 18.5 Å². The lowest BCUT2D eigenvalue weighted by Gasteiger charge is -2.25. The van der Waals surface area contributed by atoms with Crippen LogP contribution >= 0.6 is 0 Å². The zero-order valence-electron chi connectivity index (χ0n) is 19.2. The van der Waals surface area contributed by atoms with Crippen LogP contribution in [0.4, 0.5) is 5.69 Å². The van der Waals surface area contributed by atoms with Crippen molar-refractivity contribution in [2.75, 3.05) is 18.4 Å². The highest BCUT2D eigenvalue weighted by Crippen LogP contribution is 2.32. The van der Waals surface area contributed by atoms with E-state index in [-0.39, 0.29) is 5.91 Å². The summed E-state index contributed by atoms with van der Waals surface area (Å²) in [4.78, 5) is 13.5. The van der Waals surface area contributed by atoms with Crippen molar-refractivity contribution in [2.45, 2.75) is 53.4 Å². The third kappa shape index (κ3) is 4.28. The first-order valence-electron chi connectivity index (χ1n) is 11.1. The number of nitrogens with zero attached hydrogens (tertiary/aromatic N) is 2. The van der Waals surface area contributed by atoms with E-state index in [1.54, 1.807) is 6.20 Å². The molecule has 31 heavy (non-hydrogen) atoms. The van der Waals surface area contributed by atoms with Crippen LogP contribution in [0.3, 0.4) is 0 Å². The normalized spacial score (nSPS) is 14.6. The number of aryl methyl sites for hydroxylation is 5. The van der Waals surface area contributed by atoms with Gasteiger partial charge in [0.25, 0.3) is 5.91 Å². The lowest BCUT2D eigenvalue weighted by atomic mass is 9.91. The maximum atomic E-state index is 13.5. The molecule has 0 atom stereocenters. The van der Waals surface area contributed by atoms with Crippen LogP contribution < -0.4 is 10.6 Å². The molecule has 162 valence electrons. The molecule has 2 N–H and O–H groups in total. The van der Waals surface area contributed by atoms with Crippen molar-refractivity contribution in [2.24, 2.45) is 0 Å². The number of rotatable bonds is 4. The third-order valence-electron chi connectivity index (χ3n) is 6.43. The molecular formula is C26H32N4O. The van der Waals surface area contributed by atoms with Gasteiger partial charge in [-0.15, -0.1) is 0 Å². The fourth-order valence-corrected chi connectivity index (χ4v) is 4.64. The largest absolute Gasteiger partial charge is 0.321 e. The Balaban J connectivity index is 1.76. The second-order valence-corrected chi connectivity index (χ2v) is 8.88. The minimum atomic E-state index is -0.0846. The molecule has 1 aromatic heterocycles. The van der Waals surface area contributed by atoms with Crippen molar-refractivity contribution in [3.63, 3.8) is 0 Å². The predicted octanol–water partition coefficient (Wildman–Crippen LogP) is 5.13. The zero-order valence-corrected chi connectivity index (χ0v) is 19.2. The van der Waals surface area contributed by atoms with Gasteiger partial charge >= 0.3 is 0 Å². The molecule has 0 saturated carbocycles. The van der Waals surface area contributed by atoms with E-state index >= 15 is 0 Å². The van der Waals surface area contributed by atoms with E-state index < -0.39 is 0 Å². The maximum absolute atomic E-state index is 13.5. The summed E-state index contributed by atoms with van der Waals surface area (Å²) in [5.41, 5.74) is 9.43. The zero-order chi connectivity index (χ0) is 22.1. The maximum Gasteiger partial charge on any atom is 0.259 e. The first-order chi connectivity index (χ1) is 14.8. The van der Waals surface area contributed by atoms with Crippen LogP contribution in [0.5, 0.6) is 0 Å². The molecule has 2 aromatic carbocycles. The average Bonchev–Trinajstić information content (AvgIpc) is 3.18. The molecule has 1 saturated heterocycles. The highest BCUT2D eigenvalue weighted by molar-refractivity contribution is 6.06. The first kappa shape index (κ1) is 21.3. The van der Waals surface area contributed by atoms with E-state index in [9.17, 15) is 4.79 Å². The Morgan fingerprint density at radius 1 is 0.968 bits per heavy atom. The summed E-state index contributed by atoms with van der Waals surface area (Å²) < 4.78 is 1.98. The Morgan fingerprint density at radius 3 is 2.29 bits per heavy atom. The van der Waals surface area contributed by atoms with Crippen LogP contribution in [0.1, 0.15) is 62.6 Å². The molecule has 5 heteroatoms. The number of carbonyl (C=O) groups excluding carboxylic acids is 1. The summed E-state index contributed by atoms with van der Waals surface area (Å²) in [7, 11) is 0. The standard InChI is InChI=1S/C26H32N4O/c1-16-12-19(4)24(20(5)13-16)29-26(31)23-15-28-30(22-7-6-17(2)18(3)14-22)25(23)21-8-10-27-11-9-21/h6-7,12-15,21,27H,8-11H2,1-5H3,(H,29,31). The summed E-state index contributed by atoms with van der Waals surface area (Å²) in [6.45, 7) is 12.3. The third-order valence-corrected chi connectivity index (χ3v) is 6.43. The molecule has 2 heterocycles. The van der Waals surface area contributed by atoms with Gasteiger partial charge in [-0.3, -0.25) is 4.79 Å². The number of anilines is 1. The van der Waals surface area contributed by atoms with Crippen molar-refractivity contribution in [3.8, 4) is 5.69 Å². The van der Waals surface area contributed by atoms with E-state index in [0.29, 0.717) is 11.5 Å². The number of carbonyl (C=O) groups is 1. The number of hydrogen-bond donors (Lipinski definition) is 2. The van der Waals surface area contributed by atoms with Crippen LogP contribution in [0.25, 0.3) is 5.69 Å². The summed E-state index contributed by atoms with van der Waals surface area (Å²) in [5.74, 6) is 0.213. The number of benzene rings is 2. The van der Waals surface area contributed by atoms with Gasteiger partial charge in [0.05, 0.1) is 23.1 Å². The fraction of sp³-hybridized carbons (Fsp3) is 0.385. The number of amides is 1. The van der Waals surface area contributed by atoms with Crippen LogP contribution in [0.2, 0.25) is 0 Å². The Bertz CT molecular complexity index is 1100. The molecular weight excluding hydrogens is 384 g/mol. The van der Waals surface area contributed by atoms with Crippen molar-refractivity contribution < 1.29 is 4.79 Å². The molecule has 4 rings (SSSR count). The first-order valence-corrected chi connectivity index (χ1v) is 11.1. The van der Waals surface area contributed by atoms with E-state index in [0.717, 1.165) is 54.1 Å². The Kier molecular flexibility index (Phi) is 5.96. The lowest BCUT2D eigenvalue weighted by Crippen LogP contribution is -2.29. The summed E-state index contributed by atoms with van der Waals surface area (Å²) in [6.07, 6.45) is 3.74. The average molecular weight is 417 g/mol. The molecule has 1 aliphatic rings. The highest BCUT2D eigenvalue weighted by Gasteiger charge is 2.27. The molecule has 0 aliphatic carbocycles. The molecule has 0 spiro atoms. The molecule has 0 bridgehead atoms. The molecule has 5 nitrogen and oxygen atoms in total. The topological polar surface area (TPSA) is 59.0 Å². The number of piperidine rings is 1. The SMILES string of the molecule is Cc1cc(C)c(NC(=O)c2cnn(-c3ccc(C)c(C)c3)c2C2CCNCC2)c(C)c1. The predicted molar refractivity (Wildman–Crippen MR) is 126 cm³/mol. The molecule has 1 amide bonds. The van der Waals surface area contributed by atoms with Gasteiger partial charge in [0.1, 0.15) is 0 Å². The Hall–Kier alpha value is -2.92. The van der Waals surface area contributed by atoms with Crippen LogP contribution in [0, 0.1) is 34.6 Å². The second kappa shape index (κ2) is 8.67. The highest BCUT2D eigenvalue weighted by atomic mass is 16.1. The summed E-state index contributed by atoms with van der Waals surface area (Å²) in [6, 6.07) is 10.6. The molecule has 0 unspecified atom stereocenters. The van der Waals surface area contributed by atoms with Gasteiger partial charge in [-0.2, -0.15) is 5.10 Å². The van der Waals surface area contributed by atoms with Crippen molar-refractivity contribution >= 4 is 11.6 Å². The molecule has 1 fully saturated rings. The van der Waals surface area contributed by atoms with E-state index in [2.05, 4.69) is 66.8 Å². The monoisotopic (exact) mass is 416 g/mol. The van der Waals surface area contributed by atoms with Crippen LogP contribution in [-0.4, -0.2) is 28.8 Å². The summed E-state index contributed by atoms with van der Waals surface area (Å²) >= 11 is 0. The minimum absolute atomic E-state index is 0.0846. The quantitative estimate of drug-likeness (QED) is 0.620. The van der Waals surface area contributed by atoms with Crippen molar-refractivity contribution in [1.82, 2.24) is 15.1 Å². The smallest absolute Gasteiger partial charge is 0.259 e. The van der Waals surface area contributed by atoms with Gasteiger partial charge in [0.2, 0.25) is 0 Å². The van der Waals surface area contributed by atoms with Crippen LogP contribution in [-0.2, 0) is 0 Å². The number of hydrogen-bond acceptors (Lipinski definition) is 3. The van der Waals surface area contributed by atoms with Gasteiger partial charge in [-0.1, -0.05) is 23.8 Å². The molecule has 3 aromatic rings. The summed E-state index contributed by atoms with van der Waals surface area (Å²) in [5, 5.41) is 11.3. The van der Waals surface area contributed by atoms with Gasteiger partial charge < -0.3 is 10.6 Å². The number of nitrogens with one attached hydrogen (secondary N) is 2. The number of aromatic nitrogens is 2. The van der Waals surface area contributed by atoms with Gasteiger partial charge in [0.15, 0.2) is 0 Å². The Morgan fingerprint density at radius 2 is 1.65 bits per heavy atom. The Labute approximate surface area is 184 Å². The van der Waals surface area contributed by atoms with Crippen LogP contribution in [0.15, 0.2) is 36.5 Å². The second-order valence-electron chi connectivity index (χ2n) is 8.88. The van der Waals surface area contributed by atoms with Gasteiger partial charge in [-0.05, 0) is 94.9 Å².